The quantitative estimate of drug-likeness (QED) is 0.688. The van der Waals surface area contributed by atoms with E-state index in [2.05, 4.69) is 30.1 Å². The SMILES string of the molecule is Cc1ccc(-c2ccc[nH]c2=O)c2ccccc12. The van der Waals surface area contributed by atoms with Gasteiger partial charge in [-0.25, -0.2) is 0 Å². The van der Waals surface area contributed by atoms with E-state index in [0.29, 0.717) is 5.56 Å². The van der Waals surface area contributed by atoms with Crippen LogP contribution in [0.3, 0.4) is 0 Å². The van der Waals surface area contributed by atoms with E-state index in [1.165, 1.54) is 10.9 Å². The fraction of sp³-hybridized carbons (Fsp3) is 0.0625. The molecule has 18 heavy (non-hydrogen) atoms. The van der Waals surface area contributed by atoms with Gasteiger partial charge in [0.1, 0.15) is 0 Å². The normalized spacial score (nSPS) is 10.7. The number of aryl methyl sites for hydroxylation is 1. The van der Waals surface area contributed by atoms with Crippen molar-refractivity contribution in [3.63, 3.8) is 0 Å². The molecule has 2 aromatic carbocycles. The molecule has 1 N–H and O–H groups in total. The largest absolute Gasteiger partial charge is 0.329 e. The predicted molar refractivity (Wildman–Crippen MR) is 74.7 cm³/mol. The van der Waals surface area contributed by atoms with Gasteiger partial charge in [-0.2, -0.15) is 0 Å². The number of pyridine rings is 1. The summed E-state index contributed by atoms with van der Waals surface area (Å²) in [5.74, 6) is 0. The minimum absolute atomic E-state index is 0.0495. The molecule has 0 unspecified atom stereocenters. The molecule has 0 spiro atoms. The van der Waals surface area contributed by atoms with Crippen LogP contribution in [0, 0.1) is 6.92 Å². The minimum Gasteiger partial charge on any atom is -0.329 e. The second kappa shape index (κ2) is 4.15. The van der Waals surface area contributed by atoms with Gasteiger partial charge in [-0.1, -0.05) is 36.4 Å². The Hall–Kier alpha value is -2.35. The molecule has 3 aromatic rings. The first-order chi connectivity index (χ1) is 8.77. The standard InChI is InChI=1S/C16H13NO/c1-11-8-9-14(13-6-3-2-5-12(11)13)15-7-4-10-17-16(15)18/h2-10H,1H3,(H,17,18). The van der Waals surface area contributed by atoms with Crippen molar-refractivity contribution in [2.45, 2.75) is 6.92 Å². The third-order valence-corrected chi connectivity index (χ3v) is 3.25. The summed E-state index contributed by atoms with van der Waals surface area (Å²) in [6.07, 6.45) is 1.65. The number of aromatic nitrogens is 1. The molecular weight excluding hydrogens is 222 g/mol. The van der Waals surface area contributed by atoms with Crippen molar-refractivity contribution in [2.75, 3.05) is 0 Å². The summed E-state index contributed by atoms with van der Waals surface area (Å²) in [6, 6.07) is 16.0. The Morgan fingerprint density at radius 3 is 2.39 bits per heavy atom. The van der Waals surface area contributed by atoms with Crippen molar-refractivity contribution in [1.82, 2.24) is 4.98 Å². The monoisotopic (exact) mass is 235 g/mol. The van der Waals surface area contributed by atoms with Gasteiger partial charge < -0.3 is 4.98 Å². The lowest BCUT2D eigenvalue weighted by atomic mass is 9.96. The zero-order valence-corrected chi connectivity index (χ0v) is 10.1. The van der Waals surface area contributed by atoms with Crippen LogP contribution in [0.4, 0.5) is 0 Å². The second-order valence-electron chi connectivity index (χ2n) is 4.39. The van der Waals surface area contributed by atoms with Crippen molar-refractivity contribution in [2.24, 2.45) is 0 Å². The second-order valence-corrected chi connectivity index (χ2v) is 4.39. The number of rotatable bonds is 1. The van der Waals surface area contributed by atoms with Crippen LogP contribution >= 0.6 is 0 Å². The van der Waals surface area contributed by atoms with Crippen LogP contribution in [-0.4, -0.2) is 4.98 Å². The van der Waals surface area contributed by atoms with Crippen LogP contribution in [0.5, 0.6) is 0 Å². The predicted octanol–water partition coefficient (Wildman–Crippen LogP) is 3.50. The van der Waals surface area contributed by atoms with Gasteiger partial charge in [-0.15, -0.1) is 0 Å². The molecule has 0 aliphatic rings. The molecule has 0 fully saturated rings. The molecule has 0 aliphatic heterocycles. The van der Waals surface area contributed by atoms with Gasteiger partial charge in [0, 0.05) is 11.8 Å². The molecule has 0 radical (unpaired) electrons. The van der Waals surface area contributed by atoms with Crippen LogP contribution in [0.1, 0.15) is 5.56 Å². The lowest BCUT2D eigenvalue weighted by Gasteiger charge is -2.08. The number of aromatic amines is 1. The highest BCUT2D eigenvalue weighted by atomic mass is 16.1. The van der Waals surface area contributed by atoms with E-state index in [1.807, 2.05) is 30.3 Å². The zero-order chi connectivity index (χ0) is 12.5. The summed E-state index contributed by atoms with van der Waals surface area (Å²) >= 11 is 0. The first-order valence-electron chi connectivity index (χ1n) is 5.94. The summed E-state index contributed by atoms with van der Waals surface area (Å²) in [5.41, 5.74) is 2.87. The number of fused-ring (bicyclic) bond motifs is 1. The molecule has 2 heteroatoms. The van der Waals surface area contributed by atoms with Crippen LogP contribution in [0.15, 0.2) is 59.5 Å². The number of hydrogen-bond acceptors (Lipinski definition) is 1. The molecule has 0 aliphatic carbocycles. The Morgan fingerprint density at radius 1 is 0.833 bits per heavy atom. The van der Waals surface area contributed by atoms with Gasteiger partial charge in [-0.05, 0) is 41.0 Å². The average Bonchev–Trinajstić information content (AvgIpc) is 2.41. The topological polar surface area (TPSA) is 32.9 Å². The van der Waals surface area contributed by atoms with Crippen molar-refractivity contribution in [1.29, 1.82) is 0 Å². The average molecular weight is 235 g/mol. The summed E-state index contributed by atoms with van der Waals surface area (Å²) in [6.45, 7) is 2.08. The van der Waals surface area contributed by atoms with E-state index >= 15 is 0 Å². The summed E-state index contributed by atoms with van der Waals surface area (Å²) in [4.78, 5) is 14.6. The highest BCUT2D eigenvalue weighted by Gasteiger charge is 2.07. The zero-order valence-electron chi connectivity index (χ0n) is 10.1. The number of hydrogen-bond donors (Lipinski definition) is 1. The van der Waals surface area contributed by atoms with Crippen molar-refractivity contribution < 1.29 is 0 Å². The van der Waals surface area contributed by atoms with Crippen molar-refractivity contribution in [3.8, 4) is 11.1 Å². The lowest BCUT2D eigenvalue weighted by molar-refractivity contribution is 1.24. The molecule has 0 bridgehead atoms. The van der Waals surface area contributed by atoms with E-state index in [0.717, 1.165) is 10.9 Å². The molecule has 0 saturated heterocycles. The third kappa shape index (κ3) is 1.63. The molecular formula is C16H13NO. The maximum atomic E-state index is 11.9. The third-order valence-electron chi connectivity index (χ3n) is 3.25. The number of benzene rings is 2. The van der Waals surface area contributed by atoms with Gasteiger partial charge in [-0.3, -0.25) is 4.79 Å². The Morgan fingerprint density at radius 2 is 1.61 bits per heavy atom. The maximum Gasteiger partial charge on any atom is 0.255 e. The van der Waals surface area contributed by atoms with E-state index in [1.54, 1.807) is 6.20 Å². The van der Waals surface area contributed by atoms with Crippen LogP contribution in [0.2, 0.25) is 0 Å². The van der Waals surface area contributed by atoms with Crippen molar-refractivity contribution in [3.05, 3.63) is 70.6 Å². The summed E-state index contributed by atoms with van der Waals surface area (Å²) in [7, 11) is 0. The lowest BCUT2D eigenvalue weighted by Crippen LogP contribution is -2.07. The molecule has 2 nitrogen and oxygen atoms in total. The minimum atomic E-state index is -0.0495. The fourth-order valence-corrected chi connectivity index (χ4v) is 2.32. The van der Waals surface area contributed by atoms with E-state index in [4.69, 9.17) is 0 Å². The molecule has 3 rings (SSSR count). The first-order valence-corrected chi connectivity index (χ1v) is 5.94. The van der Waals surface area contributed by atoms with Crippen molar-refractivity contribution >= 4 is 10.8 Å². The van der Waals surface area contributed by atoms with Crippen LogP contribution in [0.25, 0.3) is 21.9 Å². The van der Waals surface area contributed by atoms with E-state index < -0.39 is 0 Å². The van der Waals surface area contributed by atoms with Gasteiger partial charge in [0.15, 0.2) is 0 Å². The molecule has 88 valence electrons. The first kappa shape index (κ1) is 10.8. The summed E-state index contributed by atoms with van der Waals surface area (Å²) in [5, 5.41) is 2.31. The summed E-state index contributed by atoms with van der Waals surface area (Å²) < 4.78 is 0. The fourth-order valence-electron chi connectivity index (χ4n) is 2.32. The van der Waals surface area contributed by atoms with Gasteiger partial charge in [0.05, 0.1) is 0 Å². The maximum absolute atomic E-state index is 11.9. The van der Waals surface area contributed by atoms with Crippen LogP contribution in [-0.2, 0) is 0 Å². The molecule has 0 amide bonds. The molecule has 0 saturated carbocycles. The van der Waals surface area contributed by atoms with Gasteiger partial charge in [0.2, 0.25) is 0 Å². The van der Waals surface area contributed by atoms with Gasteiger partial charge in [0.25, 0.3) is 5.56 Å². The van der Waals surface area contributed by atoms with Crippen LogP contribution < -0.4 is 5.56 Å². The Balaban J connectivity index is 2.41. The highest BCUT2D eigenvalue weighted by molar-refractivity contribution is 5.98. The number of nitrogens with one attached hydrogen (secondary N) is 1. The van der Waals surface area contributed by atoms with E-state index in [9.17, 15) is 4.79 Å². The van der Waals surface area contributed by atoms with Gasteiger partial charge >= 0.3 is 0 Å². The smallest absolute Gasteiger partial charge is 0.255 e. The Bertz CT molecular complexity index is 771. The highest BCUT2D eigenvalue weighted by Crippen LogP contribution is 2.28. The molecule has 1 aromatic heterocycles. The molecule has 1 heterocycles. The molecule has 0 atom stereocenters. The number of H-pyrrole nitrogens is 1. The van der Waals surface area contributed by atoms with E-state index in [-0.39, 0.29) is 5.56 Å². The Kier molecular flexibility index (Phi) is 2.49. The Labute approximate surface area is 105 Å².